The van der Waals surface area contributed by atoms with E-state index >= 15 is 0 Å². The van der Waals surface area contributed by atoms with Crippen LogP contribution >= 0.6 is 19.0 Å². The second-order valence-corrected chi connectivity index (χ2v) is 5.37. The van der Waals surface area contributed by atoms with E-state index < -0.39 is 7.35 Å². The van der Waals surface area contributed by atoms with Gasteiger partial charge < -0.3 is 13.4 Å². The monoisotopic (exact) mass is 236 g/mol. The van der Waals surface area contributed by atoms with Crippen molar-refractivity contribution in [3.8, 4) is 12.0 Å². The fourth-order valence-electron chi connectivity index (χ4n) is 0.544. The van der Waals surface area contributed by atoms with E-state index in [-0.39, 0.29) is 0 Å². The Hall–Kier alpha value is 0.0600. The van der Waals surface area contributed by atoms with Gasteiger partial charge in [0, 0.05) is 13.0 Å². The molecule has 0 saturated carbocycles. The van der Waals surface area contributed by atoms with E-state index in [1.807, 2.05) is 20.8 Å². The molecular formula is C9H17O3PS. The Morgan fingerprint density at radius 3 is 2.57 bits per heavy atom. The van der Waals surface area contributed by atoms with Crippen LogP contribution in [0.4, 0.5) is 0 Å². The lowest BCUT2D eigenvalue weighted by atomic mass is 10.5. The third-order valence-electron chi connectivity index (χ3n) is 1.02. The molecule has 0 aliphatic carbocycles. The Balaban J connectivity index is 3.60. The van der Waals surface area contributed by atoms with Crippen molar-refractivity contribution in [3.05, 3.63) is 0 Å². The maximum absolute atomic E-state index is 5.43. The first kappa shape index (κ1) is 14.1. The molecule has 0 saturated heterocycles. The quantitative estimate of drug-likeness (QED) is 0.385. The van der Waals surface area contributed by atoms with Crippen molar-refractivity contribution in [2.75, 3.05) is 19.6 Å². The van der Waals surface area contributed by atoms with Crippen molar-refractivity contribution in [3.63, 3.8) is 0 Å². The first-order valence-corrected chi connectivity index (χ1v) is 7.43. The van der Waals surface area contributed by atoms with Crippen LogP contribution in [0.3, 0.4) is 0 Å². The number of hydrogen-bond acceptors (Lipinski definition) is 4. The summed E-state index contributed by atoms with van der Waals surface area (Å²) >= 11 is 1.35. The van der Waals surface area contributed by atoms with Crippen molar-refractivity contribution in [2.24, 2.45) is 0 Å². The van der Waals surface area contributed by atoms with Crippen LogP contribution in [0, 0.1) is 12.0 Å². The molecule has 1 atom stereocenters. The van der Waals surface area contributed by atoms with Crippen LogP contribution < -0.4 is 0 Å². The third kappa shape index (κ3) is 8.65. The Bertz CT molecular complexity index is 179. The largest absolute Gasteiger partial charge is 0.439 e. The Kier molecular flexibility index (Phi) is 11.2. The molecule has 0 aromatic carbocycles. The van der Waals surface area contributed by atoms with Crippen molar-refractivity contribution < 1.29 is 13.4 Å². The van der Waals surface area contributed by atoms with E-state index in [0.717, 1.165) is 6.42 Å². The van der Waals surface area contributed by atoms with Gasteiger partial charge in [-0.15, -0.1) is 0 Å². The minimum Gasteiger partial charge on any atom is -0.439 e. The molecule has 1 unspecified atom stereocenters. The first-order chi connectivity index (χ1) is 6.85. The number of ether oxygens (including phenoxy) is 1. The maximum Gasteiger partial charge on any atom is 0.158 e. The second-order valence-electron chi connectivity index (χ2n) is 2.14. The van der Waals surface area contributed by atoms with Crippen LogP contribution in [0.25, 0.3) is 0 Å². The summed E-state index contributed by atoms with van der Waals surface area (Å²) in [4.78, 5) is 0. The summed E-state index contributed by atoms with van der Waals surface area (Å²) in [6.07, 6.45) is 3.93. The van der Waals surface area contributed by atoms with Gasteiger partial charge in [-0.3, -0.25) is 0 Å². The van der Waals surface area contributed by atoms with E-state index in [1.54, 1.807) is 0 Å². The van der Waals surface area contributed by atoms with Crippen molar-refractivity contribution in [2.45, 2.75) is 27.2 Å². The first-order valence-electron chi connectivity index (χ1n) is 4.64. The van der Waals surface area contributed by atoms with Crippen LogP contribution in [-0.4, -0.2) is 19.6 Å². The van der Waals surface area contributed by atoms with Gasteiger partial charge in [0.1, 0.15) is 6.11 Å². The topological polar surface area (TPSA) is 27.7 Å². The molecule has 0 bridgehead atoms. The highest BCUT2D eigenvalue weighted by Crippen LogP contribution is 2.50. The zero-order chi connectivity index (χ0) is 10.6. The predicted molar refractivity (Wildman–Crippen MR) is 61.8 cm³/mol. The summed E-state index contributed by atoms with van der Waals surface area (Å²) in [7, 11) is -0.714. The smallest absolute Gasteiger partial charge is 0.158 e. The minimum absolute atomic E-state index is 0.501. The van der Waals surface area contributed by atoms with Gasteiger partial charge in [0.15, 0.2) is 13.7 Å². The lowest BCUT2D eigenvalue weighted by Crippen LogP contribution is -1.90. The van der Waals surface area contributed by atoms with Gasteiger partial charge in [-0.25, -0.2) is 0 Å². The minimum atomic E-state index is -0.714. The molecule has 0 aliphatic rings. The molecule has 0 aromatic heterocycles. The summed E-state index contributed by atoms with van der Waals surface area (Å²) in [5, 5.41) is 0. The molecule has 0 radical (unpaired) electrons. The molecule has 0 rings (SSSR count). The fraction of sp³-hybridized carbons (Fsp3) is 0.778. The lowest BCUT2D eigenvalue weighted by molar-refractivity contribution is 0.312. The molecule has 5 heteroatoms. The van der Waals surface area contributed by atoms with Crippen LogP contribution in [0.2, 0.25) is 0 Å². The SMILES string of the molecule is CCC#COCP(OCC)SOCC. The third-order valence-corrected chi connectivity index (χ3v) is 3.86. The Morgan fingerprint density at radius 2 is 2.00 bits per heavy atom. The van der Waals surface area contributed by atoms with Crippen molar-refractivity contribution >= 4 is 19.0 Å². The molecule has 0 heterocycles. The highest BCUT2D eigenvalue weighted by Gasteiger charge is 2.10. The lowest BCUT2D eigenvalue weighted by Gasteiger charge is -2.12. The molecule has 0 aliphatic heterocycles. The Morgan fingerprint density at radius 1 is 1.21 bits per heavy atom. The van der Waals surface area contributed by atoms with Gasteiger partial charge in [-0.05, 0) is 13.8 Å². The predicted octanol–water partition coefficient (Wildman–Crippen LogP) is 3.36. The molecule has 14 heavy (non-hydrogen) atoms. The van der Waals surface area contributed by atoms with Gasteiger partial charge in [0.25, 0.3) is 0 Å². The summed E-state index contributed by atoms with van der Waals surface area (Å²) in [5.41, 5.74) is 0. The average Bonchev–Trinajstić information content (AvgIpc) is 2.20. The summed E-state index contributed by atoms with van der Waals surface area (Å²) in [6, 6.07) is 0. The summed E-state index contributed by atoms with van der Waals surface area (Å²) < 4.78 is 15.8. The van der Waals surface area contributed by atoms with E-state index in [2.05, 4.69) is 12.0 Å². The molecule has 0 fully saturated rings. The Labute approximate surface area is 91.7 Å². The van der Waals surface area contributed by atoms with E-state index in [9.17, 15) is 0 Å². The fourth-order valence-corrected chi connectivity index (χ4v) is 2.79. The van der Waals surface area contributed by atoms with Crippen LogP contribution in [0.5, 0.6) is 0 Å². The van der Waals surface area contributed by atoms with E-state index in [0.29, 0.717) is 19.6 Å². The molecule has 0 spiro atoms. The van der Waals surface area contributed by atoms with E-state index in [4.69, 9.17) is 13.4 Å². The van der Waals surface area contributed by atoms with E-state index in [1.165, 1.54) is 11.7 Å². The number of hydrogen-bond donors (Lipinski definition) is 0. The molecule has 0 N–H and O–H groups in total. The molecule has 0 aromatic rings. The van der Waals surface area contributed by atoms with Gasteiger partial charge in [-0.1, -0.05) is 12.8 Å². The molecule has 0 amide bonds. The normalized spacial score (nSPS) is 11.6. The van der Waals surface area contributed by atoms with Crippen LogP contribution in [-0.2, 0) is 13.4 Å². The molecular weight excluding hydrogens is 219 g/mol. The van der Waals surface area contributed by atoms with Crippen molar-refractivity contribution in [1.29, 1.82) is 0 Å². The zero-order valence-corrected chi connectivity index (χ0v) is 10.6. The van der Waals surface area contributed by atoms with Gasteiger partial charge in [-0.2, -0.15) is 0 Å². The highest BCUT2D eigenvalue weighted by molar-refractivity contribution is 8.51. The van der Waals surface area contributed by atoms with Crippen molar-refractivity contribution in [1.82, 2.24) is 0 Å². The zero-order valence-electron chi connectivity index (χ0n) is 8.91. The van der Waals surface area contributed by atoms with Gasteiger partial charge >= 0.3 is 0 Å². The standard InChI is InChI=1S/C9H17O3PS/c1-4-7-8-10-9-13(11-5-2)14-12-6-3/h4-6,9H2,1-3H3. The van der Waals surface area contributed by atoms with Gasteiger partial charge in [0.05, 0.1) is 18.3 Å². The second kappa shape index (κ2) is 11.1. The maximum atomic E-state index is 5.43. The van der Waals surface area contributed by atoms with Crippen LogP contribution in [0.15, 0.2) is 0 Å². The average molecular weight is 236 g/mol. The molecule has 3 nitrogen and oxygen atoms in total. The molecule has 82 valence electrons. The highest BCUT2D eigenvalue weighted by atomic mass is 32.7. The summed E-state index contributed by atoms with van der Waals surface area (Å²) in [6.45, 7) is 7.24. The van der Waals surface area contributed by atoms with Crippen LogP contribution in [0.1, 0.15) is 27.2 Å². The number of rotatable bonds is 7. The summed E-state index contributed by atoms with van der Waals surface area (Å²) in [5.74, 6) is 2.83. The van der Waals surface area contributed by atoms with Gasteiger partial charge in [0.2, 0.25) is 0 Å².